The molecule has 4 rings (SSSR count). The van der Waals surface area contributed by atoms with Crippen molar-refractivity contribution in [1.82, 2.24) is 5.32 Å². The van der Waals surface area contributed by atoms with Gasteiger partial charge in [-0.05, 0) is 30.2 Å². The first-order valence-corrected chi connectivity index (χ1v) is 9.51. The molecule has 0 aromatic heterocycles. The summed E-state index contributed by atoms with van der Waals surface area (Å²) in [5.74, 6) is 1.03. The van der Waals surface area contributed by atoms with E-state index in [4.69, 9.17) is 9.47 Å². The van der Waals surface area contributed by atoms with Crippen LogP contribution in [-0.2, 0) is 4.79 Å². The van der Waals surface area contributed by atoms with E-state index in [-0.39, 0.29) is 24.0 Å². The van der Waals surface area contributed by atoms with Crippen LogP contribution < -0.4 is 14.8 Å². The maximum absolute atomic E-state index is 13.2. The van der Waals surface area contributed by atoms with Gasteiger partial charge in [0.25, 0.3) is 0 Å². The van der Waals surface area contributed by atoms with E-state index in [2.05, 4.69) is 5.32 Å². The molecule has 0 fully saturated rings. The molecule has 28 heavy (non-hydrogen) atoms. The van der Waals surface area contributed by atoms with Crippen LogP contribution in [-0.4, -0.2) is 24.7 Å². The van der Waals surface area contributed by atoms with Crippen molar-refractivity contribution in [1.29, 1.82) is 0 Å². The summed E-state index contributed by atoms with van der Waals surface area (Å²) >= 11 is 0. The van der Waals surface area contributed by atoms with Gasteiger partial charge < -0.3 is 14.8 Å². The molecule has 0 saturated carbocycles. The molecule has 4 heteroatoms. The Labute approximate surface area is 165 Å². The molecule has 4 nitrogen and oxygen atoms in total. The zero-order valence-electron chi connectivity index (χ0n) is 15.7. The van der Waals surface area contributed by atoms with Gasteiger partial charge in [-0.2, -0.15) is 0 Å². The monoisotopic (exact) mass is 373 g/mol. The van der Waals surface area contributed by atoms with E-state index in [9.17, 15) is 4.79 Å². The van der Waals surface area contributed by atoms with E-state index in [0.717, 1.165) is 16.9 Å². The minimum atomic E-state index is -0.373. The highest BCUT2D eigenvalue weighted by atomic mass is 16.6. The van der Waals surface area contributed by atoms with Crippen molar-refractivity contribution in [3.8, 4) is 11.5 Å². The van der Waals surface area contributed by atoms with Crippen molar-refractivity contribution < 1.29 is 14.3 Å². The second-order valence-corrected chi connectivity index (χ2v) is 6.97. The highest BCUT2D eigenvalue weighted by Gasteiger charge is 2.30. The van der Waals surface area contributed by atoms with E-state index in [1.54, 1.807) is 0 Å². The minimum absolute atomic E-state index is 0.0487. The van der Waals surface area contributed by atoms with E-state index in [0.29, 0.717) is 12.4 Å². The zero-order chi connectivity index (χ0) is 19.3. The predicted octanol–water partition coefficient (Wildman–Crippen LogP) is 4.16. The van der Waals surface area contributed by atoms with Gasteiger partial charge in [0.1, 0.15) is 6.61 Å². The Hall–Kier alpha value is -3.27. The smallest absolute Gasteiger partial charge is 0.232 e. The van der Waals surface area contributed by atoms with Crippen molar-refractivity contribution in [3.05, 3.63) is 96.1 Å². The number of fused-ring (bicyclic) bond motifs is 1. The third-order valence-electron chi connectivity index (χ3n) is 4.99. The number of carbonyl (C=O) groups excluding carboxylic acids is 1. The molecule has 1 N–H and O–H groups in total. The highest BCUT2D eigenvalue weighted by molar-refractivity contribution is 5.87. The molecule has 3 aromatic rings. The Morgan fingerprint density at radius 1 is 0.857 bits per heavy atom. The first-order chi connectivity index (χ1) is 13.7. The molecule has 0 spiro atoms. The standard InChI is InChI=1S/C24H23NO3/c1-17(22-16-27-20-14-8-9-15-21(20)28-22)25-24(26)23(18-10-4-2-5-11-18)19-12-6-3-7-13-19/h2-15,17,22-23H,16H2,1H3,(H,25,26)/t17-,22-/m0/s1. The van der Waals surface area contributed by atoms with Crippen LogP contribution in [0.25, 0.3) is 0 Å². The lowest BCUT2D eigenvalue weighted by atomic mass is 9.90. The van der Waals surface area contributed by atoms with Crippen molar-refractivity contribution in [3.63, 3.8) is 0 Å². The summed E-state index contributed by atoms with van der Waals surface area (Å²) in [4.78, 5) is 13.2. The number of nitrogens with one attached hydrogen (secondary N) is 1. The van der Waals surface area contributed by atoms with Crippen molar-refractivity contribution in [2.75, 3.05) is 6.61 Å². The molecule has 0 saturated heterocycles. The van der Waals surface area contributed by atoms with Gasteiger partial charge in [0.15, 0.2) is 17.6 Å². The number of benzene rings is 3. The fraction of sp³-hybridized carbons (Fsp3) is 0.208. The summed E-state index contributed by atoms with van der Waals surface area (Å²) in [6, 6.07) is 27.1. The Morgan fingerprint density at radius 2 is 1.39 bits per heavy atom. The predicted molar refractivity (Wildman–Crippen MR) is 109 cm³/mol. The lowest BCUT2D eigenvalue weighted by molar-refractivity contribution is -0.123. The number of amides is 1. The molecule has 0 unspecified atom stereocenters. The Bertz CT molecular complexity index is 887. The lowest BCUT2D eigenvalue weighted by Gasteiger charge is -2.31. The molecule has 0 radical (unpaired) electrons. The SMILES string of the molecule is C[C@H](NC(=O)C(c1ccccc1)c1ccccc1)[C@@H]1COc2ccccc2O1. The van der Waals surface area contributed by atoms with Gasteiger partial charge in [0.2, 0.25) is 5.91 Å². The quantitative estimate of drug-likeness (QED) is 0.730. The Balaban J connectivity index is 1.52. The summed E-state index contributed by atoms with van der Waals surface area (Å²) in [7, 11) is 0. The zero-order valence-corrected chi connectivity index (χ0v) is 15.7. The van der Waals surface area contributed by atoms with Gasteiger partial charge >= 0.3 is 0 Å². The fourth-order valence-electron chi connectivity index (χ4n) is 3.47. The number of ether oxygens (including phenoxy) is 2. The Morgan fingerprint density at radius 3 is 2.00 bits per heavy atom. The average Bonchev–Trinajstić information content (AvgIpc) is 2.75. The summed E-state index contributed by atoms with van der Waals surface area (Å²) in [6.45, 7) is 2.35. The van der Waals surface area contributed by atoms with E-state index in [1.807, 2.05) is 91.9 Å². The van der Waals surface area contributed by atoms with Gasteiger partial charge in [0.05, 0.1) is 12.0 Å². The number of rotatable bonds is 5. The maximum Gasteiger partial charge on any atom is 0.232 e. The molecule has 0 bridgehead atoms. The summed E-state index contributed by atoms with van der Waals surface area (Å²) in [5.41, 5.74) is 1.93. The van der Waals surface area contributed by atoms with Crippen LogP contribution in [0, 0.1) is 0 Å². The topological polar surface area (TPSA) is 47.6 Å². The largest absolute Gasteiger partial charge is 0.486 e. The molecule has 3 aromatic carbocycles. The summed E-state index contributed by atoms with van der Waals surface area (Å²) in [5, 5.41) is 3.13. The van der Waals surface area contributed by atoms with Crippen LogP contribution in [0.5, 0.6) is 11.5 Å². The number of para-hydroxylation sites is 2. The van der Waals surface area contributed by atoms with E-state index < -0.39 is 0 Å². The van der Waals surface area contributed by atoms with Crippen LogP contribution in [0.3, 0.4) is 0 Å². The van der Waals surface area contributed by atoms with Gasteiger partial charge in [0, 0.05) is 0 Å². The van der Waals surface area contributed by atoms with Crippen LogP contribution in [0.15, 0.2) is 84.9 Å². The Kier molecular flexibility index (Phi) is 5.29. The third kappa shape index (κ3) is 3.86. The van der Waals surface area contributed by atoms with Crippen molar-refractivity contribution in [2.24, 2.45) is 0 Å². The molecular formula is C24H23NO3. The van der Waals surface area contributed by atoms with Crippen molar-refractivity contribution in [2.45, 2.75) is 25.0 Å². The molecule has 2 atom stereocenters. The minimum Gasteiger partial charge on any atom is -0.486 e. The molecule has 0 aliphatic carbocycles. The first kappa shape index (κ1) is 18.1. The van der Waals surface area contributed by atoms with E-state index in [1.165, 1.54) is 0 Å². The van der Waals surface area contributed by atoms with Crippen LogP contribution in [0.4, 0.5) is 0 Å². The summed E-state index contributed by atoms with van der Waals surface area (Å²) < 4.78 is 11.8. The third-order valence-corrected chi connectivity index (χ3v) is 4.99. The maximum atomic E-state index is 13.2. The second kappa shape index (κ2) is 8.17. The fourth-order valence-corrected chi connectivity index (χ4v) is 3.47. The first-order valence-electron chi connectivity index (χ1n) is 9.51. The highest BCUT2D eigenvalue weighted by Crippen LogP contribution is 2.32. The van der Waals surface area contributed by atoms with Crippen molar-refractivity contribution >= 4 is 5.91 Å². The molecule has 1 aliphatic heterocycles. The van der Waals surface area contributed by atoms with Crippen LogP contribution in [0.2, 0.25) is 0 Å². The second-order valence-electron chi connectivity index (χ2n) is 6.97. The van der Waals surface area contributed by atoms with Gasteiger partial charge in [-0.25, -0.2) is 0 Å². The molecule has 1 amide bonds. The summed E-state index contributed by atoms with van der Waals surface area (Å²) in [6.07, 6.45) is -0.244. The average molecular weight is 373 g/mol. The van der Waals surface area contributed by atoms with Crippen LogP contribution >= 0.6 is 0 Å². The molecule has 1 aliphatic rings. The molecular weight excluding hydrogens is 350 g/mol. The number of carbonyl (C=O) groups is 1. The number of hydrogen-bond donors (Lipinski definition) is 1. The number of hydrogen-bond acceptors (Lipinski definition) is 3. The van der Waals surface area contributed by atoms with Crippen LogP contribution in [0.1, 0.15) is 24.0 Å². The van der Waals surface area contributed by atoms with E-state index >= 15 is 0 Å². The molecule has 142 valence electrons. The molecule has 1 heterocycles. The van der Waals surface area contributed by atoms with Gasteiger partial charge in [-0.15, -0.1) is 0 Å². The van der Waals surface area contributed by atoms with Gasteiger partial charge in [-0.1, -0.05) is 72.8 Å². The van der Waals surface area contributed by atoms with Gasteiger partial charge in [-0.3, -0.25) is 4.79 Å². The normalized spacial score (nSPS) is 16.4. The lowest BCUT2D eigenvalue weighted by Crippen LogP contribution is -2.49.